The van der Waals surface area contributed by atoms with E-state index < -0.39 is 0 Å². The second-order valence-corrected chi connectivity index (χ2v) is 11.6. The fourth-order valence-corrected chi connectivity index (χ4v) is 7.06. The first-order chi connectivity index (χ1) is 17.0. The number of nitrogens with zero attached hydrogens (tertiary/aromatic N) is 2. The van der Waals surface area contributed by atoms with E-state index >= 15 is 0 Å². The molecule has 6 aromatic rings. The highest BCUT2D eigenvalue weighted by Gasteiger charge is 2.25. The number of aryl methyl sites for hydroxylation is 2. The van der Waals surface area contributed by atoms with Crippen LogP contribution in [0.25, 0.3) is 49.0 Å². The number of aromatic nitrogens is 2. The Bertz CT molecular complexity index is 1740. The highest BCUT2D eigenvalue weighted by atomic mass is 15.0. The van der Waals surface area contributed by atoms with Crippen molar-refractivity contribution in [3.63, 3.8) is 0 Å². The molecule has 3 aromatic heterocycles. The Hall–Kier alpha value is -3.13. The van der Waals surface area contributed by atoms with Crippen LogP contribution in [-0.2, 0) is 13.5 Å². The van der Waals surface area contributed by atoms with E-state index in [0.717, 1.165) is 6.42 Å². The third-order valence-electron chi connectivity index (χ3n) is 8.64. The van der Waals surface area contributed by atoms with Crippen LogP contribution >= 0.6 is 0 Å². The van der Waals surface area contributed by atoms with Crippen LogP contribution in [0.2, 0.25) is 0 Å². The Morgan fingerprint density at radius 3 is 2.51 bits per heavy atom. The fraction of sp³-hybridized carbons (Fsp3) is 0.364. The monoisotopic (exact) mass is 459 g/mol. The molecule has 0 amide bonds. The normalized spacial score (nSPS) is 15.7. The third kappa shape index (κ3) is 3.05. The molecule has 2 heteroatoms. The van der Waals surface area contributed by atoms with Crippen LogP contribution in [0, 0.1) is 12.8 Å². The smallest absolute Gasteiger partial charge is 0.224 e. The number of benzene rings is 3. The van der Waals surface area contributed by atoms with E-state index in [0.29, 0.717) is 11.8 Å². The van der Waals surface area contributed by atoms with Crippen molar-refractivity contribution in [2.24, 2.45) is 13.0 Å². The molecule has 3 heterocycles. The van der Waals surface area contributed by atoms with Gasteiger partial charge in [0.25, 0.3) is 0 Å². The molecule has 0 bridgehead atoms. The maximum Gasteiger partial charge on any atom is 0.224 e. The maximum absolute atomic E-state index is 2.60. The van der Waals surface area contributed by atoms with Crippen LogP contribution < -0.4 is 4.57 Å². The van der Waals surface area contributed by atoms with Crippen LogP contribution in [0.3, 0.4) is 0 Å². The summed E-state index contributed by atoms with van der Waals surface area (Å²) >= 11 is 0. The van der Waals surface area contributed by atoms with Gasteiger partial charge in [-0.15, -0.1) is 0 Å². The molecular weight excluding hydrogens is 424 g/mol. The molecule has 0 atom stereocenters. The average Bonchev–Trinajstić information content (AvgIpc) is 3.18. The van der Waals surface area contributed by atoms with Gasteiger partial charge in [-0.1, -0.05) is 57.4 Å². The minimum atomic E-state index is 0.657. The SMILES string of the molecule is Cc1ccc2c3cc(CC(C)C)ccc3n3c4cc(C5CCCCC5)cc5cc[n+](C)c(c1c23)c54. The van der Waals surface area contributed by atoms with E-state index in [1.54, 1.807) is 0 Å². The highest BCUT2D eigenvalue weighted by Crippen LogP contribution is 2.43. The van der Waals surface area contributed by atoms with Crippen LogP contribution in [0.1, 0.15) is 68.6 Å². The highest BCUT2D eigenvalue weighted by molar-refractivity contribution is 6.25. The summed E-state index contributed by atoms with van der Waals surface area (Å²) in [6.45, 7) is 6.90. The summed E-state index contributed by atoms with van der Waals surface area (Å²) in [6.07, 6.45) is 10.2. The number of pyridine rings is 2. The van der Waals surface area contributed by atoms with Crippen molar-refractivity contribution < 1.29 is 4.57 Å². The molecule has 0 radical (unpaired) electrons. The van der Waals surface area contributed by atoms with Crippen molar-refractivity contribution >= 4 is 49.0 Å². The lowest BCUT2D eigenvalue weighted by molar-refractivity contribution is -0.643. The lowest BCUT2D eigenvalue weighted by Crippen LogP contribution is -2.29. The Labute approximate surface area is 207 Å². The van der Waals surface area contributed by atoms with Gasteiger partial charge in [0.15, 0.2) is 6.20 Å². The quantitative estimate of drug-likeness (QED) is 0.143. The average molecular weight is 460 g/mol. The molecule has 3 aromatic carbocycles. The summed E-state index contributed by atoms with van der Waals surface area (Å²) < 4.78 is 4.95. The van der Waals surface area contributed by atoms with Gasteiger partial charge in [0.05, 0.1) is 27.3 Å². The van der Waals surface area contributed by atoms with E-state index in [1.165, 1.54) is 97.8 Å². The summed E-state index contributed by atoms with van der Waals surface area (Å²) in [6, 6.07) is 19.3. The zero-order chi connectivity index (χ0) is 23.8. The molecule has 1 aliphatic rings. The Morgan fingerprint density at radius 2 is 1.71 bits per heavy atom. The van der Waals surface area contributed by atoms with E-state index in [1.807, 2.05) is 0 Å². The molecule has 0 N–H and O–H groups in total. The zero-order valence-corrected chi connectivity index (χ0v) is 21.5. The summed E-state index contributed by atoms with van der Waals surface area (Å²) in [5, 5.41) is 6.97. The molecule has 1 aliphatic carbocycles. The minimum absolute atomic E-state index is 0.657. The molecule has 176 valence electrons. The number of rotatable bonds is 3. The van der Waals surface area contributed by atoms with Gasteiger partial charge in [-0.3, -0.25) is 0 Å². The molecule has 2 nitrogen and oxygen atoms in total. The summed E-state index contributed by atoms with van der Waals surface area (Å²) in [5.74, 6) is 1.35. The molecular formula is C33H35N2+. The van der Waals surface area contributed by atoms with Gasteiger partial charge < -0.3 is 4.40 Å². The Kier molecular flexibility index (Phi) is 4.65. The summed E-state index contributed by atoms with van der Waals surface area (Å²) in [4.78, 5) is 0. The summed E-state index contributed by atoms with van der Waals surface area (Å²) in [5.41, 5.74) is 9.81. The van der Waals surface area contributed by atoms with Crippen LogP contribution in [-0.4, -0.2) is 4.40 Å². The molecule has 0 unspecified atom stereocenters. The first-order valence-corrected chi connectivity index (χ1v) is 13.5. The molecule has 1 fully saturated rings. The first-order valence-electron chi connectivity index (χ1n) is 13.5. The van der Waals surface area contributed by atoms with Gasteiger partial charge in [0.1, 0.15) is 7.05 Å². The number of hydrogen-bond acceptors (Lipinski definition) is 0. The standard InChI is InChI=1S/C33H35N2/c1-20(2)16-22-11-13-28-27(17-22)26-12-10-21(3)30-32(26)35(28)29-19-25(23-8-6-5-7-9-23)18-24-14-15-34(4)33(30)31(24)29/h10-15,17-20,23H,5-9,16H2,1-4H3/q+1. The number of hydrogen-bond donors (Lipinski definition) is 0. The maximum atomic E-state index is 2.60. The van der Waals surface area contributed by atoms with Crippen molar-refractivity contribution in [2.45, 2.75) is 65.2 Å². The van der Waals surface area contributed by atoms with Crippen molar-refractivity contribution in [1.82, 2.24) is 4.40 Å². The fourth-order valence-electron chi connectivity index (χ4n) is 7.06. The first kappa shape index (κ1) is 21.2. The largest absolute Gasteiger partial charge is 0.307 e. The van der Waals surface area contributed by atoms with Crippen molar-refractivity contribution in [3.8, 4) is 0 Å². The van der Waals surface area contributed by atoms with Crippen molar-refractivity contribution in [3.05, 3.63) is 71.4 Å². The molecule has 35 heavy (non-hydrogen) atoms. The molecule has 7 rings (SSSR count). The van der Waals surface area contributed by atoms with Crippen molar-refractivity contribution in [1.29, 1.82) is 0 Å². The van der Waals surface area contributed by atoms with Gasteiger partial charge in [0.2, 0.25) is 5.52 Å². The van der Waals surface area contributed by atoms with E-state index in [9.17, 15) is 0 Å². The van der Waals surface area contributed by atoms with Gasteiger partial charge >= 0.3 is 0 Å². The van der Waals surface area contributed by atoms with Crippen LogP contribution in [0.15, 0.2) is 54.7 Å². The number of fused-ring (bicyclic) bond motifs is 5. The zero-order valence-electron chi connectivity index (χ0n) is 21.5. The third-order valence-corrected chi connectivity index (χ3v) is 8.64. The Balaban J connectivity index is 1.69. The summed E-state index contributed by atoms with van der Waals surface area (Å²) in [7, 11) is 2.21. The topological polar surface area (TPSA) is 8.29 Å². The van der Waals surface area contributed by atoms with E-state index in [2.05, 4.69) is 91.5 Å². The van der Waals surface area contributed by atoms with E-state index in [4.69, 9.17) is 0 Å². The predicted molar refractivity (Wildman–Crippen MR) is 149 cm³/mol. The second kappa shape index (κ2) is 7.68. The molecule has 0 aliphatic heterocycles. The lowest BCUT2D eigenvalue weighted by Gasteiger charge is -2.23. The van der Waals surface area contributed by atoms with Gasteiger partial charge in [0, 0.05) is 16.8 Å². The van der Waals surface area contributed by atoms with Crippen molar-refractivity contribution in [2.75, 3.05) is 0 Å². The molecule has 1 saturated carbocycles. The van der Waals surface area contributed by atoms with Gasteiger partial charge in [-0.25, -0.2) is 4.57 Å². The van der Waals surface area contributed by atoms with Gasteiger partial charge in [-0.2, -0.15) is 0 Å². The van der Waals surface area contributed by atoms with Crippen LogP contribution in [0.5, 0.6) is 0 Å². The lowest BCUT2D eigenvalue weighted by atomic mass is 9.83. The van der Waals surface area contributed by atoms with E-state index in [-0.39, 0.29) is 0 Å². The molecule has 0 spiro atoms. The predicted octanol–water partition coefficient (Wildman–Crippen LogP) is 8.37. The molecule has 0 saturated heterocycles. The van der Waals surface area contributed by atoms with Gasteiger partial charge in [-0.05, 0) is 78.3 Å². The Morgan fingerprint density at radius 1 is 0.886 bits per heavy atom. The van der Waals surface area contributed by atoms with Crippen LogP contribution in [0.4, 0.5) is 0 Å². The minimum Gasteiger partial charge on any atom is -0.307 e. The second-order valence-electron chi connectivity index (χ2n) is 11.6.